The van der Waals surface area contributed by atoms with Crippen LogP contribution >= 0.6 is 0 Å². The van der Waals surface area contributed by atoms with Gasteiger partial charge in [0.25, 0.3) is 0 Å². The Morgan fingerprint density at radius 3 is 2.50 bits per heavy atom. The van der Waals surface area contributed by atoms with Crippen LogP contribution in [0.25, 0.3) is 0 Å². The summed E-state index contributed by atoms with van der Waals surface area (Å²) in [6.07, 6.45) is 5.68. The predicted molar refractivity (Wildman–Crippen MR) is 57.9 cm³/mol. The summed E-state index contributed by atoms with van der Waals surface area (Å²) in [5.74, 6) is 0.190. The minimum Gasteiger partial charge on any atom is -0.352 e. The largest absolute Gasteiger partial charge is 0.352 e. The van der Waals surface area contributed by atoms with E-state index < -0.39 is 0 Å². The SMILES string of the molecule is CC(CN)NC(=O)C1(C)CCCCC1. The maximum atomic E-state index is 11.9. The van der Waals surface area contributed by atoms with Gasteiger partial charge in [-0.15, -0.1) is 0 Å². The van der Waals surface area contributed by atoms with Gasteiger partial charge in [0.05, 0.1) is 0 Å². The Bertz CT molecular complexity index is 197. The van der Waals surface area contributed by atoms with Crippen molar-refractivity contribution >= 4 is 5.91 Å². The quantitative estimate of drug-likeness (QED) is 0.720. The average Bonchev–Trinajstić information content (AvgIpc) is 2.18. The highest BCUT2D eigenvalue weighted by Gasteiger charge is 2.34. The van der Waals surface area contributed by atoms with Crippen LogP contribution < -0.4 is 11.1 Å². The first-order chi connectivity index (χ1) is 6.58. The first-order valence-electron chi connectivity index (χ1n) is 5.59. The van der Waals surface area contributed by atoms with Crippen molar-refractivity contribution in [3.8, 4) is 0 Å². The van der Waals surface area contributed by atoms with Crippen LogP contribution in [0, 0.1) is 5.41 Å². The second-order valence-corrected chi connectivity index (χ2v) is 4.73. The molecule has 1 unspecified atom stereocenters. The molecule has 1 saturated carbocycles. The van der Waals surface area contributed by atoms with Crippen molar-refractivity contribution in [3.63, 3.8) is 0 Å². The van der Waals surface area contributed by atoms with Crippen molar-refractivity contribution in [2.24, 2.45) is 11.1 Å². The molecule has 82 valence electrons. The van der Waals surface area contributed by atoms with Gasteiger partial charge < -0.3 is 11.1 Å². The fourth-order valence-electron chi connectivity index (χ4n) is 2.02. The Balaban J connectivity index is 2.49. The molecule has 14 heavy (non-hydrogen) atoms. The zero-order valence-corrected chi connectivity index (χ0v) is 9.31. The lowest BCUT2D eigenvalue weighted by Gasteiger charge is -2.33. The molecular weight excluding hydrogens is 176 g/mol. The number of carbonyl (C=O) groups excluding carboxylic acids is 1. The van der Waals surface area contributed by atoms with E-state index in [1.807, 2.05) is 6.92 Å². The standard InChI is InChI=1S/C11H22N2O/c1-9(8-12)13-10(14)11(2)6-4-3-5-7-11/h9H,3-8,12H2,1-2H3,(H,13,14). The molecule has 3 N–H and O–H groups in total. The molecule has 1 rings (SSSR count). The Labute approximate surface area is 86.4 Å². The lowest BCUT2D eigenvalue weighted by atomic mass is 9.75. The highest BCUT2D eigenvalue weighted by atomic mass is 16.2. The maximum absolute atomic E-state index is 11.9. The number of hydrogen-bond donors (Lipinski definition) is 2. The number of nitrogens with one attached hydrogen (secondary N) is 1. The first kappa shape index (κ1) is 11.5. The first-order valence-corrected chi connectivity index (χ1v) is 5.59. The summed E-state index contributed by atoms with van der Waals surface area (Å²) >= 11 is 0. The summed E-state index contributed by atoms with van der Waals surface area (Å²) in [5, 5.41) is 2.98. The third kappa shape index (κ3) is 2.71. The third-order valence-electron chi connectivity index (χ3n) is 3.24. The van der Waals surface area contributed by atoms with E-state index >= 15 is 0 Å². The molecule has 3 nitrogen and oxygen atoms in total. The van der Waals surface area contributed by atoms with Crippen molar-refractivity contribution in [1.82, 2.24) is 5.32 Å². The lowest BCUT2D eigenvalue weighted by Crippen LogP contribution is -2.46. The molecule has 1 amide bonds. The zero-order chi connectivity index (χ0) is 10.6. The number of amides is 1. The van der Waals surface area contributed by atoms with E-state index in [-0.39, 0.29) is 17.4 Å². The van der Waals surface area contributed by atoms with Gasteiger partial charge >= 0.3 is 0 Å². The molecule has 0 spiro atoms. The molecule has 3 heteroatoms. The molecule has 0 saturated heterocycles. The summed E-state index contributed by atoms with van der Waals surface area (Å²) < 4.78 is 0. The lowest BCUT2D eigenvalue weighted by molar-refractivity contribution is -0.132. The molecule has 1 fully saturated rings. The summed E-state index contributed by atoms with van der Waals surface area (Å²) in [4.78, 5) is 11.9. The van der Waals surface area contributed by atoms with E-state index in [0.717, 1.165) is 12.8 Å². The maximum Gasteiger partial charge on any atom is 0.226 e. The van der Waals surface area contributed by atoms with E-state index in [9.17, 15) is 4.79 Å². The molecule has 1 atom stereocenters. The highest BCUT2D eigenvalue weighted by molar-refractivity contribution is 5.82. The van der Waals surface area contributed by atoms with E-state index in [4.69, 9.17) is 5.73 Å². The van der Waals surface area contributed by atoms with Crippen LogP contribution in [0.3, 0.4) is 0 Å². The Hall–Kier alpha value is -0.570. The van der Waals surface area contributed by atoms with Crippen LogP contribution in [-0.4, -0.2) is 18.5 Å². The van der Waals surface area contributed by atoms with E-state index in [1.54, 1.807) is 0 Å². The van der Waals surface area contributed by atoms with Gasteiger partial charge in [-0.1, -0.05) is 26.2 Å². The zero-order valence-electron chi connectivity index (χ0n) is 9.31. The van der Waals surface area contributed by atoms with Crippen molar-refractivity contribution < 1.29 is 4.79 Å². The van der Waals surface area contributed by atoms with E-state index in [0.29, 0.717) is 6.54 Å². The van der Waals surface area contributed by atoms with Crippen LogP contribution in [0.15, 0.2) is 0 Å². The third-order valence-corrected chi connectivity index (χ3v) is 3.24. The Kier molecular flexibility index (Phi) is 3.93. The van der Waals surface area contributed by atoms with Crippen LogP contribution in [-0.2, 0) is 4.79 Å². The fraction of sp³-hybridized carbons (Fsp3) is 0.909. The topological polar surface area (TPSA) is 55.1 Å². The smallest absolute Gasteiger partial charge is 0.226 e. The monoisotopic (exact) mass is 198 g/mol. The van der Waals surface area contributed by atoms with Gasteiger partial charge in [-0.05, 0) is 19.8 Å². The highest BCUT2D eigenvalue weighted by Crippen LogP contribution is 2.35. The molecule has 0 aliphatic heterocycles. The Morgan fingerprint density at radius 2 is 2.00 bits per heavy atom. The van der Waals surface area contributed by atoms with Gasteiger partial charge in [0.2, 0.25) is 5.91 Å². The van der Waals surface area contributed by atoms with E-state index in [2.05, 4.69) is 12.2 Å². The molecule has 0 radical (unpaired) electrons. The van der Waals surface area contributed by atoms with Crippen LogP contribution in [0.1, 0.15) is 46.0 Å². The molecular formula is C11H22N2O. The second-order valence-electron chi connectivity index (χ2n) is 4.73. The molecule has 0 heterocycles. The van der Waals surface area contributed by atoms with Gasteiger partial charge in [0.1, 0.15) is 0 Å². The molecule has 0 aromatic heterocycles. The predicted octanol–water partition coefficient (Wildman–Crippen LogP) is 1.42. The summed E-state index contributed by atoms with van der Waals surface area (Å²) in [7, 11) is 0. The number of carbonyl (C=O) groups is 1. The molecule has 0 aromatic carbocycles. The normalized spacial score (nSPS) is 22.8. The van der Waals surface area contributed by atoms with Crippen LogP contribution in [0.5, 0.6) is 0 Å². The van der Waals surface area contributed by atoms with Crippen LogP contribution in [0.2, 0.25) is 0 Å². The molecule has 0 aromatic rings. The Morgan fingerprint density at radius 1 is 1.43 bits per heavy atom. The van der Waals surface area contributed by atoms with Crippen LogP contribution in [0.4, 0.5) is 0 Å². The molecule has 0 bridgehead atoms. The van der Waals surface area contributed by atoms with Crippen molar-refractivity contribution in [1.29, 1.82) is 0 Å². The van der Waals surface area contributed by atoms with Gasteiger partial charge in [-0.2, -0.15) is 0 Å². The second kappa shape index (κ2) is 4.78. The van der Waals surface area contributed by atoms with Gasteiger partial charge in [0.15, 0.2) is 0 Å². The van der Waals surface area contributed by atoms with Gasteiger partial charge in [0, 0.05) is 18.0 Å². The van der Waals surface area contributed by atoms with E-state index in [1.165, 1.54) is 19.3 Å². The van der Waals surface area contributed by atoms with Gasteiger partial charge in [-0.3, -0.25) is 4.79 Å². The van der Waals surface area contributed by atoms with Crippen molar-refractivity contribution in [2.45, 2.75) is 52.0 Å². The van der Waals surface area contributed by atoms with Gasteiger partial charge in [-0.25, -0.2) is 0 Å². The average molecular weight is 198 g/mol. The minimum atomic E-state index is -0.137. The summed E-state index contributed by atoms with van der Waals surface area (Å²) in [5.41, 5.74) is 5.34. The number of nitrogens with two attached hydrogens (primary N) is 1. The molecule has 1 aliphatic rings. The van der Waals surface area contributed by atoms with Crippen molar-refractivity contribution in [2.75, 3.05) is 6.54 Å². The number of rotatable bonds is 3. The number of hydrogen-bond acceptors (Lipinski definition) is 2. The summed E-state index contributed by atoms with van der Waals surface area (Å²) in [6.45, 7) is 4.54. The fourth-order valence-corrected chi connectivity index (χ4v) is 2.02. The minimum absolute atomic E-state index is 0.0984. The summed E-state index contributed by atoms with van der Waals surface area (Å²) in [6, 6.07) is 0.0984. The van der Waals surface area contributed by atoms with Crippen molar-refractivity contribution in [3.05, 3.63) is 0 Å². The molecule has 1 aliphatic carbocycles.